The lowest BCUT2D eigenvalue weighted by Crippen LogP contribution is -2.08. The van der Waals surface area contributed by atoms with Crippen LogP contribution in [0.25, 0.3) is 0 Å². The molecular weight excluding hydrogens is 134 g/mol. The van der Waals surface area contributed by atoms with Gasteiger partial charge < -0.3 is 5.41 Å². The van der Waals surface area contributed by atoms with Crippen molar-refractivity contribution in [2.75, 3.05) is 0 Å². The molecule has 1 saturated carbocycles. The molecule has 1 nitrogen and oxygen atoms in total. The largest absolute Gasteiger partial charge is 0.310 e. The van der Waals surface area contributed by atoms with E-state index in [9.17, 15) is 0 Å². The van der Waals surface area contributed by atoms with Crippen LogP contribution in [0.4, 0.5) is 0 Å². The lowest BCUT2D eigenvalue weighted by molar-refractivity contribution is 0.400. The third kappa shape index (κ3) is 2.64. The van der Waals surface area contributed by atoms with Gasteiger partial charge in [0, 0.05) is 5.71 Å². The number of hydrogen-bond donors (Lipinski definition) is 1. The predicted molar refractivity (Wildman–Crippen MR) is 49.1 cm³/mol. The second kappa shape index (κ2) is 2.96. The zero-order chi connectivity index (χ0) is 8.48. The Balaban J connectivity index is 2.35. The SMILES string of the molecule is CC(=N)CC1(CC(C)C)CC1. The van der Waals surface area contributed by atoms with Crippen LogP contribution in [0.1, 0.15) is 46.5 Å². The first-order chi connectivity index (χ1) is 5.04. The maximum atomic E-state index is 7.43. The summed E-state index contributed by atoms with van der Waals surface area (Å²) in [6.45, 7) is 6.49. The third-order valence-electron chi connectivity index (χ3n) is 2.44. The fourth-order valence-corrected chi connectivity index (χ4v) is 2.06. The Hall–Kier alpha value is -0.330. The van der Waals surface area contributed by atoms with Crippen LogP contribution in [0.2, 0.25) is 0 Å². The Bertz CT molecular complexity index is 154. The van der Waals surface area contributed by atoms with E-state index in [1.165, 1.54) is 19.3 Å². The van der Waals surface area contributed by atoms with Crippen molar-refractivity contribution in [3.8, 4) is 0 Å². The van der Waals surface area contributed by atoms with Gasteiger partial charge in [-0.25, -0.2) is 0 Å². The molecule has 1 fully saturated rings. The minimum absolute atomic E-state index is 0.569. The van der Waals surface area contributed by atoms with E-state index in [1.807, 2.05) is 6.92 Å². The van der Waals surface area contributed by atoms with Gasteiger partial charge in [0.05, 0.1) is 0 Å². The summed E-state index contributed by atoms with van der Waals surface area (Å²) in [7, 11) is 0. The van der Waals surface area contributed by atoms with Gasteiger partial charge in [-0.1, -0.05) is 13.8 Å². The van der Waals surface area contributed by atoms with Gasteiger partial charge in [-0.2, -0.15) is 0 Å². The maximum absolute atomic E-state index is 7.43. The van der Waals surface area contributed by atoms with Crippen LogP contribution in [-0.4, -0.2) is 5.71 Å². The zero-order valence-electron chi connectivity index (χ0n) is 7.91. The molecule has 0 radical (unpaired) electrons. The summed E-state index contributed by atoms with van der Waals surface area (Å²) in [5.74, 6) is 0.803. The van der Waals surface area contributed by atoms with E-state index in [0.717, 1.165) is 18.1 Å². The van der Waals surface area contributed by atoms with Gasteiger partial charge in [0.15, 0.2) is 0 Å². The van der Waals surface area contributed by atoms with Crippen LogP contribution in [-0.2, 0) is 0 Å². The standard InChI is InChI=1S/C10H19N/c1-8(2)6-10(4-5-10)7-9(3)11/h8,11H,4-7H2,1-3H3. The van der Waals surface area contributed by atoms with Crippen LogP contribution in [0.5, 0.6) is 0 Å². The van der Waals surface area contributed by atoms with Gasteiger partial charge >= 0.3 is 0 Å². The van der Waals surface area contributed by atoms with Crippen LogP contribution in [0.15, 0.2) is 0 Å². The van der Waals surface area contributed by atoms with Crippen molar-refractivity contribution >= 4 is 5.71 Å². The van der Waals surface area contributed by atoms with Crippen LogP contribution < -0.4 is 0 Å². The first-order valence-corrected chi connectivity index (χ1v) is 4.58. The fourth-order valence-electron chi connectivity index (χ4n) is 2.06. The molecule has 0 aromatic heterocycles. The minimum Gasteiger partial charge on any atom is -0.310 e. The highest BCUT2D eigenvalue weighted by atomic mass is 14.5. The molecule has 64 valence electrons. The first kappa shape index (κ1) is 8.76. The molecule has 1 N–H and O–H groups in total. The smallest absolute Gasteiger partial charge is 0.00637 e. The van der Waals surface area contributed by atoms with E-state index >= 15 is 0 Å². The van der Waals surface area contributed by atoms with Crippen molar-refractivity contribution in [1.29, 1.82) is 5.41 Å². The van der Waals surface area contributed by atoms with Crippen LogP contribution in [0, 0.1) is 16.7 Å². The van der Waals surface area contributed by atoms with Crippen LogP contribution in [0.3, 0.4) is 0 Å². The predicted octanol–water partition coefficient (Wildman–Crippen LogP) is 3.24. The summed E-state index contributed by atoms with van der Waals surface area (Å²) in [5.41, 5.74) is 1.43. The quantitative estimate of drug-likeness (QED) is 0.599. The normalized spacial score (nSPS) is 20.4. The minimum atomic E-state index is 0.569. The van der Waals surface area contributed by atoms with Crippen molar-refractivity contribution in [2.24, 2.45) is 11.3 Å². The second-order valence-electron chi connectivity index (χ2n) is 4.56. The Kier molecular flexibility index (Phi) is 2.36. The summed E-state index contributed by atoms with van der Waals surface area (Å²) in [6, 6.07) is 0. The van der Waals surface area contributed by atoms with E-state index in [0.29, 0.717) is 5.41 Å². The van der Waals surface area contributed by atoms with Gasteiger partial charge in [0.25, 0.3) is 0 Å². The molecule has 0 unspecified atom stereocenters. The molecule has 0 aromatic rings. The zero-order valence-corrected chi connectivity index (χ0v) is 7.91. The molecule has 0 heterocycles. The van der Waals surface area contributed by atoms with Gasteiger partial charge in [0.1, 0.15) is 0 Å². The Morgan fingerprint density at radius 1 is 1.45 bits per heavy atom. The van der Waals surface area contributed by atoms with Gasteiger partial charge in [0.2, 0.25) is 0 Å². The van der Waals surface area contributed by atoms with Gasteiger partial charge in [-0.3, -0.25) is 0 Å². The molecule has 0 aliphatic heterocycles. The molecule has 0 atom stereocenters. The average Bonchev–Trinajstić information content (AvgIpc) is 2.43. The molecule has 0 amide bonds. The summed E-state index contributed by atoms with van der Waals surface area (Å²) < 4.78 is 0. The highest BCUT2D eigenvalue weighted by Gasteiger charge is 2.42. The Morgan fingerprint density at radius 2 is 2.00 bits per heavy atom. The van der Waals surface area contributed by atoms with Crippen molar-refractivity contribution in [3.63, 3.8) is 0 Å². The van der Waals surface area contributed by atoms with E-state index < -0.39 is 0 Å². The fraction of sp³-hybridized carbons (Fsp3) is 0.900. The van der Waals surface area contributed by atoms with Crippen LogP contribution >= 0.6 is 0 Å². The number of rotatable bonds is 4. The number of nitrogens with one attached hydrogen (secondary N) is 1. The highest BCUT2D eigenvalue weighted by Crippen LogP contribution is 2.53. The molecule has 1 heteroatoms. The second-order valence-corrected chi connectivity index (χ2v) is 4.56. The molecule has 0 saturated heterocycles. The average molecular weight is 153 g/mol. The summed E-state index contributed by atoms with van der Waals surface area (Å²) in [4.78, 5) is 0. The van der Waals surface area contributed by atoms with Crippen molar-refractivity contribution in [3.05, 3.63) is 0 Å². The monoisotopic (exact) mass is 153 g/mol. The van der Waals surface area contributed by atoms with Crippen molar-refractivity contribution < 1.29 is 0 Å². The van der Waals surface area contributed by atoms with Crippen molar-refractivity contribution in [1.82, 2.24) is 0 Å². The summed E-state index contributed by atoms with van der Waals surface area (Å²) in [5, 5.41) is 7.43. The van der Waals surface area contributed by atoms with E-state index in [2.05, 4.69) is 13.8 Å². The Labute approximate surface area is 69.7 Å². The lowest BCUT2D eigenvalue weighted by atomic mass is 9.90. The summed E-state index contributed by atoms with van der Waals surface area (Å²) in [6.07, 6.45) is 5.09. The number of hydrogen-bond acceptors (Lipinski definition) is 1. The Morgan fingerprint density at radius 3 is 2.27 bits per heavy atom. The summed E-state index contributed by atoms with van der Waals surface area (Å²) >= 11 is 0. The molecule has 1 aliphatic rings. The van der Waals surface area contributed by atoms with E-state index in [4.69, 9.17) is 5.41 Å². The lowest BCUT2D eigenvalue weighted by Gasteiger charge is -2.16. The molecule has 11 heavy (non-hydrogen) atoms. The third-order valence-corrected chi connectivity index (χ3v) is 2.44. The molecule has 0 aromatic carbocycles. The van der Waals surface area contributed by atoms with Gasteiger partial charge in [-0.15, -0.1) is 0 Å². The van der Waals surface area contributed by atoms with Gasteiger partial charge in [-0.05, 0) is 43.9 Å². The van der Waals surface area contributed by atoms with Crippen molar-refractivity contribution in [2.45, 2.75) is 46.5 Å². The molecule has 1 rings (SSSR count). The van der Waals surface area contributed by atoms with E-state index in [-0.39, 0.29) is 0 Å². The molecule has 0 bridgehead atoms. The molecule has 1 aliphatic carbocycles. The highest BCUT2D eigenvalue weighted by molar-refractivity contribution is 5.79. The molecule has 0 spiro atoms. The topological polar surface area (TPSA) is 23.9 Å². The maximum Gasteiger partial charge on any atom is 0.00637 e. The first-order valence-electron chi connectivity index (χ1n) is 4.58. The molecular formula is C10H19N. The van der Waals surface area contributed by atoms with E-state index in [1.54, 1.807) is 0 Å².